The SMILES string of the molecule is Cc1ccc(F)c(C)c1CN1CCNC2=C1C=C(c1n[nH]c(C3CCCCC3)n1)N(C)N2. The van der Waals surface area contributed by atoms with Gasteiger partial charge in [-0.25, -0.2) is 9.37 Å². The average Bonchev–Trinajstić information content (AvgIpc) is 3.29. The predicted molar refractivity (Wildman–Crippen MR) is 122 cm³/mol. The normalized spacial score (nSPS) is 19.4. The molecule has 5 rings (SSSR count). The fourth-order valence-corrected chi connectivity index (χ4v) is 5.02. The minimum absolute atomic E-state index is 0.149. The van der Waals surface area contributed by atoms with Gasteiger partial charge in [0.25, 0.3) is 0 Å². The molecule has 170 valence electrons. The molecule has 32 heavy (non-hydrogen) atoms. The van der Waals surface area contributed by atoms with Crippen LogP contribution in [-0.2, 0) is 6.54 Å². The van der Waals surface area contributed by atoms with Gasteiger partial charge in [0.2, 0.25) is 0 Å². The van der Waals surface area contributed by atoms with Crippen molar-refractivity contribution in [2.45, 2.75) is 58.4 Å². The van der Waals surface area contributed by atoms with Crippen LogP contribution in [-0.4, -0.2) is 45.2 Å². The van der Waals surface area contributed by atoms with Crippen LogP contribution in [0.4, 0.5) is 4.39 Å². The van der Waals surface area contributed by atoms with Crippen LogP contribution in [0.3, 0.4) is 0 Å². The van der Waals surface area contributed by atoms with Crippen LogP contribution in [0.15, 0.2) is 29.7 Å². The second kappa shape index (κ2) is 8.48. The number of aromatic nitrogens is 3. The van der Waals surface area contributed by atoms with Crippen LogP contribution in [0, 0.1) is 19.7 Å². The summed E-state index contributed by atoms with van der Waals surface area (Å²) < 4.78 is 14.2. The van der Waals surface area contributed by atoms with Crippen LogP contribution in [0.2, 0.25) is 0 Å². The van der Waals surface area contributed by atoms with Crippen molar-refractivity contribution in [3.63, 3.8) is 0 Å². The largest absolute Gasteiger partial charge is 0.367 e. The van der Waals surface area contributed by atoms with E-state index in [2.05, 4.69) is 31.9 Å². The minimum Gasteiger partial charge on any atom is -0.367 e. The number of rotatable bonds is 4. The molecule has 2 aliphatic heterocycles. The summed E-state index contributed by atoms with van der Waals surface area (Å²) in [6.07, 6.45) is 8.35. The number of nitrogens with one attached hydrogen (secondary N) is 3. The standard InChI is InChI=1S/C24H32FN7/c1-15-9-10-19(25)16(2)18(15)14-32-12-11-26-23-21(32)13-20(31(3)30-23)24-27-22(28-29-24)17-7-5-4-6-8-17/h9-10,13,17,26,30H,4-8,11-12,14H2,1-3H3,(H,27,28,29). The second-order valence-electron chi connectivity index (χ2n) is 9.16. The Balaban J connectivity index is 1.44. The number of aryl methyl sites for hydroxylation is 1. The number of hydrogen-bond donors (Lipinski definition) is 3. The van der Waals surface area contributed by atoms with Crippen molar-refractivity contribution in [2.75, 3.05) is 20.1 Å². The van der Waals surface area contributed by atoms with Gasteiger partial charge in [0.05, 0.1) is 5.70 Å². The number of benzene rings is 1. The van der Waals surface area contributed by atoms with Gasteiger partial charge in [-0.2, -0.15) is 5.10 Å². The number of aromatic amines is 1. The number of nitrogens with zero attached hydrogens (tertiary/aromatic N) is 4. The average molecular weight is 438 g/mol. The molecule has 1 saturated carbocycles. The number of hydrogen-bond acceptors (Lipinski definition) is 6. The van der Waals surface area contributed by atoms with Crippen molar-refractivity contribution in [3.8, 4) is 0 Å². The first-order valence-corrected chi connectivity index (χ1v) is 11.6. The monoisotopic (exact) mass is 437 g/mol. The van der Waals surface area contributed by atoms with Gasteiger partial charge in [0, 0.05) is 32.6 Å². The first-order chi connectivity index (χ1) is 15.5. The van der Waals surface area contributed by atoms with Gasteiger partial charge >= 0.3 is 0 Å². The van der Waals surface area contributed by atoms with Crippen molar-refractivity contribution in [1.29, 1.82) is 0 Å². The topological polar surface area (TPSA) is 72.1 Å². The molecule has 1 aromatic carbocycles. The van der Waals surface area contributed by atoms with E-state index in [1.54, 1.807) is 6.07 Å². The zero-order chi connectivity index (χ0) is 22.2. The Morgan fingerprint density at radius 2 is 1.97 bits per heavy atom. The molecule has 0 saturated heterocycles. The molecular weight excluding hydrogens is 405 g/mol. The fraction of sp³-hybridized carbons (Fsp3) is 0.500. The predicted octanol–water partition coefficient (Wildman–Crippen LogP) is 3.67. The number of H-pyrrole nitrogens is 1. The Labute approximate surface area is 188 Å². The molecule has 3 N–H and O–H groups in total. The fourth-order valence-electron chi connectivity index (χ4n) is 5.02. The summed E-state index contributed by atoms with van der Waals surface area (Å²) in [6.45, 7) is 6.23. The summed E-state index contributed by atoms with van der Waals surface area (Å²) in [5, 5.41) is 13.2. The lowest BCUT2D eigenvalue weighted by atomic mass is 9.89. The highest BCUT2D eigenvalue weighted by atomic mass is 19.1. The Morgan fingerprint density at radius 1 is 1.16 bits per heavy atom. The number of halogens is 1. The van der Waals surface area contributed by atoms with Gasteiger partial charge in [-0.15, -0.1) is 0 Å². The van der Waals surface area contributed by atoms with Crippen LogP contribution >= 0.6 is 0 Å². The highest BCUT2D eigenvalue weighted by molar-refractivity contribution is 5.63. The Kier molecular flexibility index (Phi) is 5.53. The molecule has 3 aliphatic rings. The zero-order valence-corrected chi connectivity index (χ0v) is 19.1. The third-order valence-corrected chi connectivity index (χ3v) is 7.03. The summed E-state index contributed by atoms with van der Waals surface area (Å²) in [4.78, 5) is 7.17. The lowest BCUT2D eigenvalue weighted by molar-refractivity contribution is 0.274. The van der Waals surface area contributed by atoms with Crippen LogP contribution in [0.25, 0.3) is 5.70 Å². The molecule has 0 spiro atoms. The van der Waals surface area contributed by atoms with Crippen molar-refractivity contribution < 1.29 is 4.39 Å². The number of hydrazine groups is 1. The molecule has 2 aromatic rings. The molecule has 0 radical (unpaired) electrons. The molecule has 0 bridgehead atoms. The number of allylic oxidation sites excluding steroid dienone is 1. The highest BCUT2D eigenvalue weighted by Crippen LogP contribution is 2.32. The lowest BCUT2D eigenvalue weighted by Gasteiger charge is -2.39. The maximum Gasteiger partial charge on any atom is 0.199 e. The van der Waals surface area contributed by atoms with E-state index in [9.17, 15) is 4.39 Å². The highest BCUT2D eigenvalue weighted by Gasteiger charge is 2.28. The van der Waals surface area contributed by atoms with Gasteiger partial charge in [-0.1, -0.05) is 25.3 Å². The molecule has 0 unspecified atom stereocenters. The Bertz CT molecular complexity index is 1060. The molecule has 1 aromatic heterocycles. The maximum absolute atomic E-state index is 14.2. The van der Waals surface area contributed by atoms with E-state index in [0.717, 1.165) is 52.8 Å². The van der Waals surface area contributed by atoms with E-state index < -0.39 is 0 Å². The van der Waals surface area contributed by atoms with Crippen molar-refractivity contribution >= 4 is 5.70 Å². The molecule has 0 amide bonds. The van der Waals surface area contributed by atoms with E-state index in [1.807, 2.05) is 32.0 Å². The molecular formula is C24H32FN7. The van der Waals surface area contributed by atoms with E-state index in [-0.39, 0.29) is 5.82 Å². The van der Waals surface area contributed by atoms with E-state index in [1.165, 1.54) is 32.1 Å². The van der Waals surface area contributed by atoms with Gasteiger partial charge in [-0.05, 0) is 55.5 Å². The Hall–Kier alpha value is -3.03. The lowest BCUT2D eigenvalue weighted by Crippen LogP contribution is -2.49. The molecule has 1 aliphatic carbocycles. The first kappa shape index (κ1) is 20.8. The van der Waals surface area contributed by atoms with Crippen molar-refractivity contribution in [1.82, 2.24) is 35.8 Å². The Morgan fingerprint density at radius 3 is 2.78 bits per heavy atom. The van der Waals surface area contributed by atoms with Gasteiger partial charge in [-0.3, -0.25) is 15.5 Å². The van der Waals surface area contributed by atoms with E-state index >= 15 is 0 Å². The minimum atomic E-state index is -0.149. The van der Waals surface area contributed by atoms with Crippen LogP contribution in [0.5, 0.6) is 0 Å². The third kappa shape index (κ3) is 3.82. The summed E-state index contributed by atoms with van der Waals surface area (Å²) in [5.41, 5.74) is 8.29. The molecule has 1 fully saturated rings. The second-order valence-corrected chi connectivity index (χ2v) is 9.16. The summed E-state index contributed by atoms with van der Waals surface area (Å²) in [6, 6.07) is 3.42. The smallest absolute Gasteiger partial charge is 0.199 e. The van der Waals surface area contributed by atoms with E-state index in [0.29, 0.717) is 18.3 Å². The summed E-state index contributed by atoms with van der Waals surface area (Å²) in [5.74, 6) is 2.99. The van der Waals surface area contributed by atoms with E-state index in [4.69, 9.17) is 4.98 Å². The summed E-state index contributed by atoms with van der Waals surface area (Å²) >= 11 is 0. The van der Waals surface area contributed by atoms with Gasteiger partial charge < -0.3 is 10.2 Å². The van der Waals surface area contributed by atoms with Crippen molar-refractivity contribution in [2.24, 2.45) is 0 Å². The van der Waals surface area contributed by atoms with Gasteiger partial charge in [0.15, 0.2) is 5.82 Å². The molecule has 7 nitrogen and oxygen atoms in total. The quantitative estimate of drug-likeness (QED) is 0.678. The third-order valence-electron chi connectivity index (χ3n) is 7.03. The summed E-state index contributed by atoms with van der Waals surface area (Å²) in [7, 11) is 1.98. The zero-order valence-electron chi connectivity index (χ0n) is 19.1. The maximum atomic E-state index is 14.2. The van der Waals surface area contributed by atoms with Gasteiger partial charge in [0.1, 0.15) is 23.2 Å². The van der Waals surface area contributed by atoms with Crippen molar-refractivity contribution in [3.05, 3.63) is 63.9 Å². The molecule has 0 atom stereocenters. The van der Waals surface area contributed by atoms with Crippen LogP contribution in [0.1, 0.15) is 66.4 Å². The molecule has 8 heteroatoms. The molecule has 3 heterocycles. The van der Waals surface area contributed by atoms with Crippen LogP contribution < -0.4 is 10.7 Å². The first-order valence-electron chi connectivity index (χ1n) is 11.6.